The molecule has 1 amide bonds. The molecule has 0 aromatic heterocycles. The highest BCUT2D eigenvalue weighted by atomic mass is 32.2. The summed E-state index contributed by atoms with van der Waals surface area (Å²) in [5.41, 5.74) is 2.57. The molecule has 0 spiro atoms. The van der Waals surface area contributed by atoms with Gasteiger partial charge in [-0.1, -0.05) is 24.3 Å². The fourth-order valence-electron chi connectivity index (χ4n) is 3.50. The maximum Gasteiger partial charge on any atom is 0.248 e. The number of rotatable bonds is 7. The molecule has 1 aliphatic carbocycles. The SMILES string of the molecule is CN1CCN(c2ccccc2NC(=O)/C=C/c2ccc(S(=O)(=O)NC3CC3)cc2)CC1. The molecular weight excluding hydrogens is 412 g/mol. The number of carbonyl (C=O) groups is 1. The zero-order valence-electron chi connectivity index (χ0n) is 17.6. The lowest BCUT2D eigenvalue weighted by atomic mass is 10.2. The van der Waals surface area contributed by atoms with Crippen LogP contribution in [0.15, 0.2) is 59.5 Å². The van der Waals surface area contributed by atoms with Gasteiger partial charge in [0, 0.05) is 38.3 Å². The topological polar surface area (TPSA) is 81.8 Å². The molecule has 8 heteroatoms. The van der Waals surface area contributed by atoms with Crippen LogP contribution in [0.5, 0.6) is 0 Å². The molecule has 1 saturated heterocycles. The van der Waals surface area contributed by atoms with Crippen LogP contribution in [0.1, 0.15) is 18.4 Å². The highest BCUT2D eigenvalue weighted by Gasteiger charge is 2.27. The third-order valence-electron chi connectivity index (χ3n) is 5.52. The lowest BCUT2D eigenvalue weighted by Crippen LogP contribution is -2.44. The van der Waals surface area contributed by atoms with Gasteiger partial charge in [-0.2, -0.15) is 0 Å². The quantitative estimate of drug-likeness (QED) is 0.647. The van der Waals surface area contributed by atoms with Gasteiger partial charge in [-0.3, -0.25) is 4.79 Å². The van der Waals surface area contributed by atoms with Crippen LogP contribution in [0.25, 0.3) is 6.08 Å². The van der Waals surface area contributed by atoms with E-state index < -0.39 is 10.0 Å². The molecule has 2 aromatic rings. The fourth-order valence-corrected chi connectivity index (χ4v) is 4.80. The Labute approximate surface area is 183 Å². The van der Waals surface area contributed by atoms with Gasteiger partial charge in [-0.05, 0) is 55.8 Å². The summed E-state index contributed by atoms with van der Waals surface area (Å²) in [6, 6.07) is 14.4. The third-order valence-corrected chi connectivity index (χ3v) is 7.06. The summed E-state index contributed by atoms with van der Waals surface area (Å²) in [7, 11) is -1.35. The van der Waals surface area contributed by atoms with E-state index in [-0.39, 0.29) is 16.8 Å². The van der Waals surface area contributed by atoms with Gasteiger partial charge in [0.15, 0.2) is 0 Å². The van der Waals surface area contributed by atoms with Crippen LogP contribution in [0.4, 0.5) is 11.4 Å². The molecule has 2 aliphatic rings. The Bertz CT molecular complexity index is 1050. The molecule has 164 valence electrons. The molecule has 2 aromatic carbocycles. The van der Waals surface area contributed by atoms with Crippen molar-refractivity contribution >= 4 is 33.4 Å². The van der Waals surface area contributed by atoms with Crippen molar-refractivity contribution in [2.45, 2.75) is 23.8 Å². The minimum absolute atomic E-state index is 0.0713. The van der Waals surface area contributed by atoms with E-state index in [1.54, 1.807) is 30.3 Å². The molecule has 4 rings (SSSR count). The van der Waals surface area contributed by atoms with Crippen LogP contribution >= 0.6 is 0 Å². The van der Waals surface area contributed by atoms with Crippen LogP contribution < -0.4 is 14.9 Å². The number of carbonyl (C=O) groups excluding carboxylic acids is 1. The highest BCUT2D eigenvalue weighted by molar-refractivity contribution is 7.89. The Morgan fingerprint density at radius 3 is 2.35 bits per heavy atom. The van der Waals surface area contributed by atoms with E-state index in [0.29, 0.717) is 0 Å². The lowest BCUT2D eigenvalue weighted by Gasteiger charge is -2.35. The summed E-state index contributed by atoms with van der Waals surface area (Å²) in [5, 5.41) is 2.97. The van der Waals surface area contributed by atoms with E-state index in [4.69, 9.17) is 0 Å². The summed E-state index contributed by atoms with van der Waals surface area (Å²) in [5.74, 6) is -0.228. The van der Waals surface area contributed by atoms with Gasteiger partial charge in [0.05, 0.1) is 16.3 Å². The van der Waals surface area contributed by atoms with E-state index >= 15 is 0 Å². The molecule has 0 unspecified atom stereocenters. The maximum atomic E-state index is 12.5. The average Bonchev–Trinajstić information content (AvgIpc) is 3.57. The standard InChI is InChI=1S/C23H28N4O3S/c1-26-14-16-27(17-15-26)22-5-3-2-4-21(22)24-23(28)13-8-18-6-11-20(12-7-18)31(29,30)25-19-9-10-19/h2-8,11-13,19,25H,9-10,14-17H2,1H3,(H,24,28)/b13-8+. The van der Waals surface area contributed by atoms with Crippen LogP contribution in [0.2, 0.25) is 0 Å². The van der Waals surface area contributed by atoms with Crippen molar-refractivity contribution in [2.24, 2.45) is 0 Å². The maximum absolute atomic E-state index is 12.5. The van der Waals surface area contributed by atoms with Crippen molar-refractivity contribution in [3.8, 4) is 0 Å². The number of likely N-dealkylation sites (N-methyl/N-ethyl adjacent to an activating group) is 1. The number of hydrogen-bond acceptors (Lipinski definition) is 5. The predicted molar refractivity (Wildman–Crippen MR) is 124 cm³/mol. The van der Waals surface area contributed by atoms with Crippen molar-refractivity contribution < 1.29 is 13.2 Å². The van der Waals surface area contributed by atoms with E-state index in [0.717, 1.165) is 56.0 Å². The summed E-state index contributed by atoms with van der Waals surface area (Å²) < 4.78 is 27.1. The van der Waals surface area contributed by atoms with Crippen LogP contribution in [0.3, 0.4) is 0 Å². The second kappa shape index (κ2) is 9.21. The van der Waals surface area contributed by atoms with E-state index in [9.17, 15) is 13.2 Å². The predicted octanol–water partition coefficient (Wildman–Crippen LogP) is 2.53. The summed E-state index contributed by atoms with van der Waals surface area (Å²) >= 11 is 0. The number of hydrogen-bond donors (Lipinski definition) is 2. The van der Waals surface area contributed by atoms with Gasteiger partial charge < -0.3 is 15.1 Å². The zero-order chi connectivity index (χ0) is 21.8. The molecular formula is C23H28N4O3S. The Kier molecular flexibility index (Phi) is 6.41. The molecule has 1 saturated carbocycles. The number of sulfonamides is 1. The molecule has 1 aliphatic heterocycles. The molecule has 0 atom stereocenters. The van der Waals surface area contributed by atoms with E-state index in [2.05, 4.69) is 26.9 Å². The number of benzene rings is 2. The minimum Gasteiger partial charge on any atom is -0.367 e. The zero-order valence-corrected chi connectivity index (χ0v) is 18.4. The normalized spacial score (nSPS) is 17.8. The number of amides is 1. The smallest absolute Gasteiger partial charge is 0.248 e. The molecule has 0 radical (unpaired) electrons. The molecule has 31 heavy (non-hydrogen) atoms. The van der Waals surface area contributed by atoms with Gasteiger partial charge in [0.2, 0.25) is 15.9 Å². The Morgan fingerprint density at radius 1 is 1.00 bits per heavy atom. The molecule has 1 heterocycles. The Hall–Kier alpha value is -2.68. The van der Waals surface area contributed by atoms with Gasteiger partial charge >= 0.3 is 0 Å². The first-order valence-electron chi connectivity index (χ1n) is 10.5. The number of piperazine rings is 1. The van der Waals surface area contributed by atoms with Crippen LogP contribution in [-0.2, 0) is 14.8 Å². The molecule has 2 fully saturated rings. The van der Waals surface area contributed by atoms with Gasteiger partial charge in [-0.15, -0.1) is 0 Å². The van der Waals surface area contributed by atoms with Crippen molar-refractivity contribution in [3.05, 3.63) is 60.2 Å². The van der Waals surface area contributed by atoms with Crippen molar-refractivity contribution in [1.29, 1.82) is 0 Å². The number of para-hydroxylation sites is 2. The van der Waals surface area contributed by atoms with E-state index in [1.165, 1.54) is 6.08 Å². The number of nitrogens with one attached hydrogen (secondary N) is 2. The monoisotopic (exact) mass is 440 g/mol. The number of nitrogens with zero attached hydrogens (tertiary/aromatic N) is 2. The van der Waals surface area contributed by atoms with Gasteiger partial charge in [0.25, 0.3) is 0 Å². The summed E-state index contributed by atoms with van der Waals surface area (Å²) in [6.07, 6.45) is 4.94. The van der Waals surface area contributed by atoms with Crippen LogP contribution in [-0.4, -0.2) is 58.5 Å². The first-order valence-corrected chi connectivity index (χ1v) is 12.0. The number of anilines is 2. The second-order valence-corrected chi connectivity index (χ2v) is 9.81. The molecule has 7 nitrogen and oxygen atoms in total. The van der Waals surface area contributed by atoms with Gasteiger partial charge in [-0.25, -0.2) is 13.1 Å². The van der Waals surface area contributed by atoms with E-state index in [1.807, 2.05) is 24.3 Å². The first kappa shape index (κ1) is 21.5. The summed E-state index contributed by atoms with van der Waals surface area (Å²) in [4.78, 5) is 17.3. The fraction of sp³-hybridized carbons (Fsp3) is 0.348. The Balaban J connectivity index is 1.39. The summed E-state index contributed by atoms with van der Waals surface area (Å²) in [6.45, 7) is 3.82. The van der Waals surface area contributed by atoms with Crippen molar-refractivity contribution in [3.63, 3.8) is 0 Å². The van der Waals surface area contributed by atoms with Gasteiger partial charge in [0.1, 0.15) is 0 Å². The average molecular weight is 441 g/mol. The second-order valence-electron chi connectivity index (χ2n) is 8.09. The lowest BCUT2D eigenvalue weighted by molar-refractivity contribution is -0.111. The minimum atomic E-state index is -3.47. The highest BCUT2D eigenvalue weighted by Crippen LogP contribution is 2.26. The first-order chi connectivity index (χ1) is 14.9. The molecule has 2 N–H and O–H groups in total. The molecule has 0 bridgehead atoms. The van der Waals surface area contributed by atoms with Crippen LogP contribution in [0, 0.1) is 0 Å². The third kappa shape index (κ3) is 5.72. The largest absolute Gasteiger partial charge is 0.367 e. The van der Waals surface area contributed by atoms with Crippen molar-refractivity contribution in [2.75, 3.05) is 43.4 Å². The van der Waals surface area contributed by atoms with Crippen molar-refractivity contribution in [1.82, 2.24) is 9.62 Å². The Morgan fingerprint density at radius 2 is 1.68 bits per heavy atom.